The highest BCUT2D eigenvalue weighted by Crippen LogP contribution is 2.30. The molecule has 2 unspecified atom stereocenters. The van der Waals surface area contributed by atoms with E-state index in [4.69, 9.17) is 4.74 Å². The average Bonchev–Trinajstić information content (AvgIpc) is 3.79. The lowest BCUT2D eigenvalue weighted by Gasteiger charge is -2.25. The zero-order valence-electron chi connectivity index (χ0n) is 29.8. The second-order valence-electron chi connectivity index (χ2n) is 14.2. The van der Waals surface area contributed by atoms with Crippen LogP contribution in [0.3, 0.4) is 0 Å². The summed E-state index contributed by atoms with van der Waals surface area (Å²) < 4.78 is 20.8. The van der Waals surface area contributed by atoms with Gasteiger partial charge in [0.2, 0.25) is 11.6 Å². The molecule has 0 spiro atoms. The molecule has 1 fully saturated rings. The fraction of sp³-hybridized carbons (Fsp3) is 0.425. The molecule has 270 valence electrons. The van der Waals surface area contributed by atoms with Crippen molar-refractivity contribution in [3.05, 3.63) is 88.4 Å². The van der Waals surface area contributed by atoms with E-state index in [0.717, 1.165) is 39.3 Å². The Kier molecular flexibility index (Phi) is 12.2. The van der Waals surface area contributed by atoms with E-state index in [-0.39, 0.29) is 24.8 Å². The highest BCUT2D eigenvalue weighted by atomic mass is 32.1. The second kappa shape index (κ2) is 16.6. The third kappa shape index (κ3) is 9.78. The molecule has 11 heteroatoms. The molecule has 2 atom stereocenters. The number of alkyl halides is 1. The third-order valence-corrected chi connectivity index (χ3v) is 10.6. The van der Waals surface area contributed by atoms with Crippen LogP contribution in [-0.2, 0) is 21.4 Å². The number of aromatic nitrogens is 2. The quantitative estimate of drug-likeness (QED) is 0.120. The molecule has 2 aromatic carbocycles. The Morgan fingerprint density at radius 2 is 1.61 bits per heavy atom. The number of carbonyl (C=O) groups excluding carboxylic acids is 2. The lowest BCUT2D eigenvalue weighted by atomic mass is 9.95. The van der Waals surface area contributed by atoms with Gasteiger partial charge in [-0.1, -0.05) is 89.8 Å². The maximum atomic E-state index is 14.9. The summed E-state index contributed by atoms with van der Waals surface area (Å²) in [5, 5.41) is 12.2. The standard InChI is InChI=1S/C40H47FN4O5S/c1-5-6-7-8-9-22-50-31-16-14-28(15-17-31)30-24-42-35(43-25-30)29-12-10-27(11-13-29)23-32(37(47)45-21-20-40(41,26-45)38(48)49)44-36(46)33-18-19-34(51-33)39(2,3)4/h10-19,24-25,32H,5-9,20-23,26H2,1-4H3,(H,44,46)(H,48,49). The molecule has 0 radical (unpaired) electrons. The molecule has 2 aromatic heterocycles. The normalized spacial score (nSPS) is 16.5. The van der Waals surface area contributed by atoms with Crippen LogP contribution < -0.4 is 10.1 Å². The van der Waals surface area contributed by atoms with Crippen molar-refractivity contribution in [1.82, 2.24) is 20.2 Å². The van der Waals surface area contributed by atoms with Crippen LogP contribution in [0.4, 0.5) is 4.39 Å². The van der Waals surface area contributed by atoms with Gasteiger partial charge < -0.3 is 20.1 Å². The number of carboxylic acid groups (broad SMARTS) is 1. The smallest absolute Gasteiger partial charge is 0.343 e. The maximum absolute atomic E-state index is 14.9. The minimum absolute atomic E-state index is 0.0510. The minimum Gasteiger partial charge on any atom is -0.494 e. The molecule has 2 amide bonds. The number of nitrogens with zero attached hydrogens (tertiary/aromatic N) is 3. The summed E-state index contributed by atoms with van der Waals surface area (Å²) in [5.74, 6) is -1.16. The molecule has 0 aliphatic carbocycles. The van der Waals surface area contributed by atoms with E-state index in [1.165, 1.54) is 41.9 Å². The molecule has 9 nitrogen and oxygen atoms in total. The van der Waals surface area contributed by atoms with Gasteiger partial charge in [-0.25, -0.2) is 19.2 Å². The number of rotatable bonds is 15. The average molecular weight is 715 g/mol. The number of unbranched alkanes of at least 4 members (excludes halogenated alkanes) is 4. The van der Waals surface area contributed by atoms with Crippen molar-refractivity contribution in [1.29, 1.82) is 0 Å². The number of benzene rings is 2. The fourth-order valence-corrected chi connectivity index (χ4v) is 6.91. The van der Waals surface area contributed by atoms with E-state index in [1.54, 1.807) is 18.5 Å². The number of hydrogen-bond donors (Lipinski definition) is 2. The van der Waals surface area contributed by atoms with Crippen LogP contribution >= 0.6 is 11.3 Å². The zero-order chi connectivity index (χ0) is 36.6. The van der Waals surface area contributed by atoms with E-state index in [1.807, 2.05) is 54.6 Å². The van der Waals surface area contributed by atoms with Crippen molar-refractivity contribution in [2.24, 2.45) is 0 Å². The Morgan fingerprint density at radius 1 is 0.941 bits per heavy atom. The Morgan fingerprint density at radius 3 is 2.22 bits per heavy atom. The topological polar surface area (TPSA) is 122 Å². The molecule has 0 bridgehead atoms. The van der Waals surface area contributed by atoms with Crippen LogP contribution in [-0.4, -0.2) is 69.2 Å². The first-order valence-electron chi connectivity index (χ1n) is 17.6. The number of halogens is 1. The summed E-state index contributed by atoms with van der Waals surface area (Å²) in [5.41, 5.74) is 0.727. The Bertz CT molecular complexity index is 1790. The summed E-state index contributed by atoms with van der Waals surface area (Å²) >= 11 is 1.35. The van der Waals surface area contributed by atoms with E-state index >= 15 is 0 Å². The summed E-state index contributed by atoms with van der Waals surface area (Å²) in [7, 11) is 0. The predicted molar refractivity (Wildman–Crippen MR) is 198 cm³/mol. The fourth-order valence-electron chi connectivity index (χ4n) is 5.94. The van der Waals surface area contributed by atoms with Crippen LogP contribution in [0, 0.1) is 0 Å². The van der Waals surface area contributed by atoms with Crippen LogP contribution in [0.5, 0.6) is 5.75 Å². The van der Waals surface area contributed by atoms with Gasteiger partial charge in [0.25, 0.3) is 5.91 Å². The van der Waals surface area contributed by atoms with Crippen molar-refractivity contribution in [3.8, 4) is 28.3 Å². The summed E-state index contributed by atoms with van der Waals surface area (Å²) in [4.78, 5) is 50.4. The summed E-state index contributed by atoms with van der Waals surface area (Å²) in [6.07, 6.45) is 9.35. The van der Waals surface area contributed by atoms with Gasteiger partial charge in [-0.05, 0) is 47.2 Å². The number of hydrogen-bond acceptors (Lipinski definition) is 7. The van der Waals surface area contributed by atoms with Crippen molar-refractivity contribution in [3.63, 3.8) is 0 Å². The number of nitrogens with one attached hydrogen (secondary N) is 1. The number of amides is 2. The largest absolute Gasteiger partial charge is 0.494 e. The van der Waals surface area contributed by atoms with E-state index < -0.39 is 36.0 Å². The van der Waals surface area contributed by atoms with Crippen molar-refractivity contribution < 1.29 is 28.6 Å². The van der Waals surface area contributed by atoms with Crippen LogP contribution in [0.2, 0.25) is 0 Å². The van der Waals surface area contributed by atoms with Crippen molar-refractivity contribution in [2.75, 3.05) is 19.7 Å². The molecule has 1 saturated heterocycles. The van der Waals surface area contributed by atoms with Gasteiger partial charge in [-0.3, -0.25) is 9.59 Å². The van der Waals surface area contributed by atoms with Gasteiger partial charge in [0.1, 0.15) is 11.8 Å². The van der Waals surface area contributed by atoms with Gasteiger partial charge in [0.15, 0.2) is 5.82 Å². The number of carbonyl (C=O) groups is 3. The Balaban J connectivity index is 1.24. The van der Waals surface area contributed by atoms with E-state index in [9.17, 15) is 23.9 Å². The second-order valence-corrected chi connectivity index (χ2v) is 15.3. The highest BCUT2D eigenvalue weighted by Gasteiger charge is 2.48. The van der Waals surface area contributed by atoms with Crippen molar-refractivity contribution >= 4 is 29.1 Å². The number of aliphatic carboxylic acids is 1. The predicted octanol–water partition coefficient (Wildman–Crippen LogP) is 7.89. The Hall–Kier alpha value is -4.64. The van der Waals surface area contributed by atoms with E-state index in [2.05, 4.69) is 43.0 Å². The van der Waals surface area contributed by atoms with Gasteiger partial charge in [-0.2, -0.15) is 0 Å². The van der Waals surface area contributed by atoms with Crippen LogP contribution in [0.25, 0.3) is 22.5 Å². The van der Waals surface area contributed by atoms with Crippen molar-refractivity contribution in [2.45, 2.75) is 89.8 Å². The molecular weight excluding hydrogens is 668 g/mol. The van der Waals surface area contributed by atoms with Gasteiger partial charge in [-0.15, -0.1) is 11.3 Å². The molecule has 2 N–H and O–H groups in total. The van der Waals surface area contributed by atoms with Crippen LogP contribution in [0.15, 0.2) is 73.1 Å². The highest BCUT2D eigenvalue weighted by molar-refractivity contribution is 7.14. The number of ether oxygens (including phenoxy) is 1. The SMILES string of the molecule is CCCCCCCOc1ccc(-c2cnc(-c3ccc(CC(NC(=O)c4ccc(C(C)(C)C)s4)C(=O)N4CCC(F)(C(=O)O)C4)cc3)nc2)cc1. The first-order chi connectivity index (χ1) is 24.4. The zero-order valence-corrected chi connectivity index (χ0v) is 30.6. The maximum Gasteiger partial charge on any atom is 0.343 e. The number of thiophene rings is 1. The lowest BCUT2D eigenvalue weighted by molar-refractivity contribution is -0.150. The number of likely N-dealkylation sites (tertiary alicyclic amines) is 1. The Labute approximate surface area is 303 Å². The minimum atomic E-state index is -2.51. The molecule has 0 saturated carbocycles. The van der Waals surface area contributed by atoms with Crippen LogP contribution in [0.1, 0.15) is 86.3 Å². The monoisotopic (exact) mass is 714 g/mol. The molecule has 5 rings (SSSR count). The van der Waals surface area contributed by atoms with Gasteiger partial charge in [0, 0.05) is 47.8 Å². The molecular formula is C40H47FN4O5S. The third-order valence-electron chi connectivity index (χ3n) is 9.09. The lowest BCUT2D eigenvalue weighted by Crippen LogP contribution is -2.50. The first-order valence-corrected chi connectivity index (χ1v) is 18.4. The number of carboxylic acids is 1. The summed E-state index contributed by atoms with van der Waals surface area (Å²) in [6, 6.07) is 17.9. The molecule has 4 aromatic rings. The first kappa shape index (κ1) is 37.6. The molecule has 3 heterocycles. The molecule has 51 heavy (non-hydrogen) atoms. The van der Waals surface area contributed by atoms with E-state index in [0.29, 0.717) is 17.3 Å². The molecule has 1 aliphatic heterocycles. The van der Waals surface area contributed by atoms with Gasteiger partial charge in [0.05, 0.1) is 18.0 Å². The molecule has 1 aliphatic rings. The summed E-state index contributed by atoms with van der Waals surface area (Å²) in [6.45, 7) is 8.47. The van der Waals surface area contributed by atoms with Gasteiger partial charge >= 0.3 is 5.97 Å².